The molecule has 0 N–H and O–H groups in total. The summed E-state index contributed by atoms with van der Waals surface area (Å²) in [5.41, 5.74) is 2.50. The molecule has 2 aromatic carbocycles. The smallest absolute Gasteiger partial charge is 0.240 e. The summed E-state index contributed by atoms with van der Waals surface area (Å²) in [6, 6.07) is 19.0. The monoisotopic (exact) mass is 349 g/mol. The summed E-state index contributed by atoms with van der Waals surface area (Å²) < 4.78 is 10.8. The van der Waals surface area contributed by atoms with Crippen molar-refractivity contribution in [1.82, 2.24) is 15.0 Å². The summed E-state index contributed by atoms with van der Waals surface area (Å²) in [7, 11) is 1.69. The van der Waals surface area contributed by atoms with E-state index in [4.69, 9.17) is 9.26 Å². The topological polar surface area (TPSA) is 51.4 Å². The number of nitrogens with zero attached hydrogens (tertiary/aromatic N) is 3. The third-order valence-corrected chi connectivity index (χ3v) is 4.92. The van der Waals surface area contributed by atoms with Crippen LogP contribution >= 0.6 is 0 Å². The number of benzene rings is 2. The molecule has 0 spiro atoms. The lowest BCUT2D eigenvalue weighted by molar-refractivity contribution is 0.212. The van der Waals surface area contributed by atoms with E-state index in [1.165, 1.54) is 17.5 Å². The van der Waals surface area contributed by atoms with Gasteiger partial charge in [-0.05, 0) is 42.6 Å². The molecule has 1 unspecified atom stereocenters. The van der Waals surface area contributed by atoms with Crippen LogP contribution in [0.1, 0.15) is 41.7 Å². The molecule has 1 fully saturated rings. The minimum atomic E-state index is 0.394. The van der Waals surface area contributed by atoms with Crippen LogP contribution in [0.3, 0.4) is 0 Å². The van der Waals surface area contributed by atoms with Crippen LogP contribution in [0.4, 0.5) is 0 Å². The van der Waals surface area contributed by atoms with E-state index in [1.54, 1.807) is 7.11 Å². The quantitative estimate of drug-likeness (QED) is 0.673. The SMILES string of the molecule is COc1ccc(C2CCCN2Cc2nc(Cc3ccccc3)no2)cc1. The van der Waals surface area contributed by atoms with Gasteiger partial charge >= 0.3 is 0 Å². The maximum Gasteiger partial charge on any atom is 0.240 e. The van der Waals surface area contributed by atoms with E-state index in [0.29, 0.717) is 24.9 Å². The zero-order chi connectivity index (χ0) is 17.8. The van der Waals surface area contributed by atoms with E-state index < -0.39 is 0 Å². The van der Waals surface area contributed by atoms with Crippen LogP contribution in [0.5, 0.6) is 5.75 Å². The fraction of sp³-hybridized carbons (Fsp3) is 0.333. The van der Waals surface area contributed by atoms with Crippen molar-refractivity contribution in [1.29, 1.82) is 0 Å². The first kappa shape index (κ1) is 16.8. The van der Waals surface area contributed by atoms with E-state index in [0.717, 1.165) is 24.5 Å². The lowest BCUT2D eigenvalue weighted by Crippen LogP contribution is -2.23. The fourth-order valence-corrected chi connectivity index (χ4v) is 3.60. The molecular formula is C21H23N3O2. The zero-order valence-electron chi connectivity index (χ0n) is 15.0. The van der Waals surface area contributed by atoms with Crippen molar-refractivity contribution >= 4 is 0 Å². The number of hydrogen-bond donors (Lipinski definition) is 0. The van der Waals surface area contributed by atoms with E-state index >= 15 is 0 Å². The Hall–Kier alpha value is -2.66. The maximum atomic E-state index is 5.50. The van der Waals surface area contributed by atoms with Crippen LogP contribution in [0.15, 0.2) is 59.1 Å². The minimum absolute atomic E-state index is 0.394. The molecule has 1 aromatic heterocycles. The highest BCUT2D eigenvalue weighted by atomic mass is 16.5. The van der Waals surface area contributed by atoms with Gasteiger partial charge < -0.3 is 9.26 Å². The molecule has 26 heavy (non-hydrogen) atoms. The minimum Gasteiger partial charge on any atom is -0.497 e. The highest BCUT2D eigenvalue weighted by Crippen LogP contribution is 2.33. The van der Waals surface area contributed by atoms with Gasteiger partial charge in [0.1, 0.15) is 5.75 Å². The van der Waals surface area contributed by atoms with Gasteiger partial charge in [0.05, 0.1) is 13.7 Å². The average Bonchev–Trinajstić information content (AvgIpc) is 3.32. The summed E-state index contributed by atoms with van der Waals surface area (Å²) in [6.45, 7) is 1.74. The Bertz CT molecular complexity index is 830. The lowest BCUT2D eigenvalue weighted by Gasteiger charge is -2.23. The zero-order valence-corrected chi connectivity index (χ0v) is 15.0. The normalized spacial score (nSPS) is 17.5. The van der Waals surface area contributed by atoms with Crippen LogP contribution in [0.2, 0.25) is 0 Å². The first-order valence-electron chi connectivity index (χ1n) is 9.05. The molecule has 0 radical (unpaired) electrons. The molecule has 0 bridgehead atoms. The van der Waals surface area contributed by atoms with Gasteiger partial charge in [0.2, 0.25) is 5.89 Å². The van der Waals surface area contributed by atoms with Gasteiger partial charge in [-0.3, -0.25) is 4.90 Å². The van der Waals surface area contributed by atoms with Crippen molar-refractivity contribution < 1.29 is 9.26 Å². The van der Waals surface area contributed by atoms with Gasteiger partial charge in [-0.1, -0.05) is 47.6 Å². The molecule has 4 rings (SSSR count). The second-order valence-electron chi connectivity index (χ2n) is 6.67. The summed E-state index contributed by atoms with van der Waals surface area (Å²) in [5, 5.41) is 4.14. The number of rotatable bonds is 6. The van der Waals surface area contributed by atoms with Crippen molar-refractivity contribution in [3.63, 3.8) is 0 Å². The predicted molar refractivity (Wildman–Crippen MR) is 98.9 cm³/mol. The maximum absolute atomic E-state index is 5.50. The Morgan fingerprint density at radius 1 is 1.12 bits per heavy atom. The predicted octanol–water partition coefficient (Wildman–Crippen LogP) is 4.01. The second-order valence-corrected chi connectivity index (χ2v) is 6.67. The van der Waals surface area contributed by atoms with Crippen LogP contribution in [0.25, 0.3) is 0 Å². The molecule has 134 valence electrons. The molecule has 5 nitrogen and oxygen atoms in total. The van der Waals surface area contributed by atoms with E-state index in [9.17, 15) is 0 Å². The van der Waals surface area contributed by atoms with Gasteiger partial charge in [-0.25, -0.2) is 0 Å². The fourth-order valence-electron chi connectivity index (χ4n) is 3.60. The van der Waals surface area contributed by atoms with Gasteiger partial charge in [0.25, 0.3) is 0 Å². The van der Waals surface area contributed by atoms with Crippen molar-refractivity contribution in [2.45, 2.75) is 31.8 Å². The van der Waals surface area contributed by atoms with E-state index in [2.05, 4.69) is 39.3 Å². The Labute approximate surface area is 153 Å². The summed E-state index contributed by atoms with van der Waals surface area (Å²) >= 11 is 0. The molecule has 2 heterocycles. The largest absolute Gasteiger partial charge is 0.497 e. The second kappa shape index (κ2) is 7.70. The van der Waals surface area contributed by atoms with Gasteiger partial charge in [0.15, 0.2) is 5.82 Å². The highest BCUT2D eigenvalue weighted by molar-refractivity contribution is 5.29. The standard InChI is InChI=1S/C21H23N3O2/c1-25-18-11-9-17(10-12-18)19-8-5-13-24(19)15-21-22-20(23-26-21)14-16-6-3-2-4-7-16/h2-4,6-7,9-12,19H,5,8,13-15H2,1H3. The Morgan fingerprint density at radius 2 is 1.92 bits per heavy atom. The highest BCUT2D eigenvalue weighted by Gasteiger charge is 2.27. The molecule has 0 aliphatic carbocycles. The molecule has 1 saturated heterocycles. The van der Waals surface area contributed by atoms with Crippen molar-refractivity contribution in [3.05, 3.63) is 77.4 Å². The van der Waals surface area contributed by atoms with Gasteiger partial charge in [-0.2, -0.15) is 4.98 Å². The molecule has 0 amide bonds. The average molecular weight is 349 g/mol. The van der Waals surface area contributed by atoms with Crippen LogP contribution in [-0.4, -0.2) is 28.7 Å². The van der Waals surface area contributed by atoms with Crippen molar-refractivity contribution in [2.75, 3.05) is 13.7 Å². The number of ether oxygens (including phenoxy) is 1. The molecule has 1 aliphatic heterocycles. The molecule has 3 aromatic rings. The first-order chi connectivity index (χ1) is 12.8. The van der Waals surface area contributed by atoms with Crippen molar-refractivity contribution in [2.24, 2.45) is 0 Å². The Balaban J connectivity index is 1.43. The number of likely N-dealkylation sites (tertiary alicyclic amines) is 1. The first-order valence-corrected chi connectivity index (χ1v) is 9.05. The molecule has 1 aliphatic rings. The van der Waals surface area contributed by atoms with Gasteiger partial charge in [0, 0.05) is 12.5 Å². The Morgan fingerprint density at radius 3 is 2.69 bits per heavy atom. The molecule has 0 saturated carbocycles. The van der Waals surface area contributed by atoms with E-state index in [-0.39, 0.29) is 0 Å². The third kappa shape index (κ3) is 3.78. The summed E-state index contributed by atoms with van der Waals surface area (Å²) in [6.07, 6.45) is 3.03. The van der Waals surface area contributed by atoms with Crippen LogP contribution in [0, 0.1) is 0 Å². The van der Waals surface area contributed by atoms with E-state index in [1.807, 2.05) is 30.3 Å². The van der Waals surface area contributed by atoms with Crippen LogP contribution in [-0.2, 0) is 13.0 Å². The molecule has 1 atom stereocenters. The Kier molecular flexibility index (Phi) is 4.97. The number of hydrogen-bond acceptors (Lipinski definition) is 5. The molecule has 5 heteroatoms. The lowest BCUT2D eigenvalue weighted by atomic mass is 10.0. The summed E-state index contributed by atoms with van der Waals surface area (Å²) in [5.74, 6) is 2.32. The van der Waals surface area contributed by atoms with Crippen molar-refractivity contribution in [3.8, 4) is 5.75 Å². The van der Waals surface area contributed by atoms with Gasteiger partial charge in [-0.15, -0.1) is 0 Å². The molecular weight excluding hydrogens is 326 g/mol. The number of methoxy groups -OCH3 is 1. The summed E-state index contributed by atoms with van der Waals surface area (Å²) in [4.78, 5) is 7.00. The van der Waals surface area contributed by atoms with Crippen LogP contribution < -0.4 is 4.74 Å². The number of aromatic nitrogens is 2. The third-order valence-electron chi connectivity index (χ3n) is 4.92.